The Bertz CT molecular complexity index is 1090. The third-order valence-corrected chi connectivity index (χ3v) is 5.75. The highest BCUT2D eigenvalue weighted by Crippen LogP contribution is 2.42. The van der Waals surface area contributed by atoms with Crippen molar-refractivity contribution in [3.63, 3.8) is 0 Å². The van der Waals surface area contributed by atoms with Gasteiger partial charge in [0, 0.05) is 30.3 Å². The molecule has 31 heavy (non-hydrogen) atoms. The summed E-state index contributed by atoms with van der Waals surface area (Å²) in [6, 6.07) is 5.95. The van der Waals surface area contributed by atoms with E-state index in [0.29, 0.717) is 48.8 Å². The molecule has 10 heteroatoms. The van der Waals surface area contributed by atoms with E-state index in [1.54, 1.807) is 6.07 Å². The zero-order valence-electron chi connectivity index (χ0n) is 16.5. The fourth-order valence-electron chi connectivity index (χ4n) is 4.14. The molecule has 0 bridgehead atoms. The summed E-state index contributed by atoms with van der Waals surface area (Å²) in [6.07, 6.45) is 0.264. The maximum Gasteiger partial charge on any atom is 0.416 e. The van der Waals surface area contributed by atoms with Crippen LogP contribution in [0.2, 0.25) is 0 Å². The summed E-state index contributed by atoms with van der Waals surface area (Å²) in [7, 11) is 0. The van der Waals surface area contributed by atoms with Gasteiger partial charge in [0.15, 0.2) is 5.82 Å². The Balaban J connectivity index is 1.41. The van der Waals surface area contributed by atoms with Gasteiger partial charge in [0.1, 0.15) is 23.8 Å². The Hall–Kier alpha value is -3.17. The second-order valence-corrected chi connectivity index (χ2v) is 7.95. The fourth-order valence-corrected chi connectivity index (χ4v) is 4.14. The molecule has 2 aromatic heterocycles. The number of alkyl halides is 3. The van der Waals surface area contributed by atoms with Crippen LogP contribution in [0.25, 0.3) is 0 Å². The normalized spacial score (nSPS) is 19.1. The highest BCUT2D eigenvalue weighted by atomic mass is 19.4. The molecule has 1 aliphatic heterocycles. The number of aromatic nitrogens is 4. The molecule has 1 saturated heterocycles. The average molecular weight is 432 g/mol. The lowest BCUT2D eigenvalue weighted by molar-refractivity contribution is -0.138. The van der Waals surface area contributed by atoms with Crippen molar-refractivity contribution in [2.24, 2.45) is 0 Å². The van der Waals surface area contributed by atoms with Crippen LogP contribution in [0, 0.1) is 5.82 Å². The molecule has 1 atom stereocenters. The van der Waals surface area contributed by atoms with Crippen molar-refractivity contribution in [2.75, 3.05) is 16.8 Å². The number of halogens is 4. The monoisotopic (exact) mass is 432 g/mol. The maximum absolute atomic E-state index is 13.6. The van der Waals surface area contributed by atoms with Crippen molar-refractivity contribution in [2.45, 2.75) is 43.8 Å². The number of hydrogen-bond acceptors (Lipinski definition) is 5. The van der Waals surface area contributed by atoms with Crippen LogP contribution >= 0.6 is 0 Å². The Morgan fingerprint density at radius 3 is 2.65 bits per heavy atom. The molecule has 2 aliphatic rings. The highest BCUT2D eigenvalue weighted by molar-refractivity contribution is 5.58. The first kappa shape index (κ1) is 19.8. The average Bonchev–Trinajstić information content (AvgIpc) is 3.28. The van der Waals surface area contributed by atoms with Crippen LogP contribution < -0.4 is 10.2 Å². The summed E-state index contributed by atoms with van der Waals surface area (Å²) < 4.78 is 54.2. The number of benzene rings is 1. The number of anilines is 3. The van der Waals surface area contributed by atoms with Gasteiger partial charge in [-0.05, 0) is 43.4 Å². The smallest absolute Gasteiger partial charge is 0.349 e. The molecule has 0 radical (unpaired) electrons. The lowest BCUT2D eigenvalue weighted by Crippen LogP contribution is -2.26. The van der Waals surface area contributed by atoms with E-state index in [1.165, 1.54) is 12.4 Å². The molecule has 3 aromatic rings. The molecule has 2 fully saturated rings. The Morgan fingerprint density at radius 2 is 1.87 bits per heavy atom. The van der Waals surface area contributed by atoms with E-state index in [2.05, 4.69) is 25.5 Å². The summed E-state index contributed by atoms with van der Waals surface area (Å²) in [4.78, 5) is 10.3. The predicted octanol–water partition coefficient (Wildman–Crippen LogP) is 5.32. The van der Waals surface area contributed by atoms with Crippen molar-refractivity contribution in [3.05, 3.63) is 59.3 Å². The lowest BCUT2D eigenvalue weighted by atomic mass is 9.97. The third kappa shape index (κ3) is 4.06. The predicted molar refractivity (Wildman–Crippen MR) is 107 cm³/mol. The summed E-state index contributed by atoms with van der Waals surface area (Å²) >= 11 is 0. The zero-order valence-corrected chi connectivity index (χ0v) is 16.5. The minimum absolute atomic E-state index is 0.0564. The zero-order chi connectivity index (χ0) is 21.6. The summed E-state index contributed by atoms with van der Waals surface area (Å²) in [5.74, 6) is 1.27. The largest absolute Gasteiger partial charge is 0.416 e. The quantitative estimate of drug-likeness (QED) is 0.534. The van der Waals surface area contributed by atoms with Crippen LogP contribution in [0.1, 0.15) is 54.5 Å². The second-order valence-electron chi connectivity index (χ2n) is 7.95. The molecule has 1 unspecified atom stereocenters. The van der Waals surface area contributed by atoms with Gasteiger partial charge in [-0.15, -0.1) is 0 Å². The molecule has 0 spiro atoms. The van der Waals surface area contributed by atoms with Crippen LogP contribution in [-0.2, 0) is 6.18 Å². The van der Waals surface area contributed by atoms with Crippen molar-refractivity contribution < 1.29 is 17.6 Å². The van der Waals surface area contributed by atoms with Gasteiger partial charge in [-0.1, -0.05) is 6.07 Å². The highest BCUT2D eigenvalue weighted by Gasteiger charge is 2.38. The van der Waals surface area contributed by atoms with E-state index >= 15 is 0 Å². The maximum atomic E-state index is 13.6. The Kier molecular flexibility index (Phi) is 4.79. The van der Waals surface area contributed by atoms with E-state index in [0.717, 1.165) is 24.6 Å². The molecule has 0 amide bonds. The second kappa shape index (κ2) is 7.51. The van der Waals surface area contributed by atoms with Crippen LogP contribution in [-0.4, -0.2) is 26.7 Å². The van der Waals surface area contributed by atoms with E-state index < -0.39 is 23.6 Å². The van der Waals surface area contributed by atoms with Gasteiger partial charge in [0.25, 0.3) is 0 Å². The number of H-pyrrole nitrogens is 1. The molecule has 1 aliphatic carbocycles. The summed E-state index contributed by atoms with van der Waals surface area (Å²) in [5.41, 5.74) is 0.189. The van der Waals surface area contributed by atoms with Crippen molar-refractivity contribution >= 4 is 17.5 Å². The summed E-state index contributed by atoms with van der Waals surface area (Å²) in [5, 5.41) is 10.4. The van der Waals surface area contributed by atoms with Gasteiger partial charge in [-0.3, -0.25) is 5.10 Å². The molecule has 1 saturated carbocycles. The van der Waals surface area contributed by atoms with Gasteiger partial charge < -0.3 is 10.2 Å². The van der Waals surface area contributed by atoms with Gasteiger partial charge >= 0.3 is 6.18 Å². The number of nitrogens with one attached hydrogen (secondary N) is 2. The first-order chi connectivity index (χ1) is 14.9. The van der Waals surface area contributed by atoms with Crippen LogP contribution in [0.3, 0.4) is 0 Å². The first-order valence-electron chi connectivity index (χ1n) is 10.2. The summed E-state index contributed by atoms with van der Waals surface area (Å²) in [6.45, 7) is 0.546. The molecular weight excluding hydrogens is 412 g/mol. The standard InChI is InChI=1S/C21H20F4N6/c22-13-5-6-14(15(8-13)21(23,24)25)17-2-1-7-31(17)20-10-18(26-11-27-20)28-19-9-16(29-30-19)12-3-4-12/h5-6,8-12,17H,1-4,7H2,(H2,26,27,28,29,30). The number of hydrogen-bond donors (Lipinski definition) is 2. The minimum Gasteiger partial charge on any atom is -0.349 e. The number of nitrogens with zero attached hydrogens (tertiary/aromatic N) is 4. The van der Waals surface area contributed by atoms with Gasteiger partial charge in [-0.2, -0.15) is 18.3 Å². The van der Waals surface area contributed by atoms with Gasteiger partial charge in [0.05, 0.1) is 11.6 Å². The van der Waals surface area contributed by atoms with Gasteiger partial charge in [-0.25, -0.2) is 14.4 Å². The van der Waals surface area contributed by atoms with Crippen LogP contribution in [0.4, 0.5) is 35.0 Å². The fraction of sp³-hybridized carbons (Fsp3) is 0.381. The Morgan fingerprint density at radius 1 is 1.03 bits per heavy atom. The van der Waals surface area contributed by atoms with E-state index in [9.17, 15) is 17.6 Å². The van der Waals surface area contributed by atoms with Gasteiger partial charge in [0.2, 0.25) is 0 Å². The molecule has 162 valence electrons. The van der Waals surface area contributed by atoms with E-state index in [4.69, 9.17) is 0 Å². The minimum atomic E-state index is -4.64. The third-order valence-electron chi connectivity index (χ3n) is 5.75. The first-order valence-corrected chi connectivity index (χ1v) is 10.2. The molecular formula is C21H20F4N6. The molecule has 6 nitrogen and oxygen atoms in total. The molecule has 2 N–H and O–H groups in total. The van der Waals surface area contributed by atoms with E-state index in [-0.39, 0.29) is 5.56 Å². The van der Waals surface area contributed by atoms with Crippen LogP contribution in [0.15, 0.2) is 36.7 Å². The van der Waals surface area contributed by atoms with Crippen molar-refractivity contribution in [1.82, 2.24) is 20.2 Å². The Labute approximate surface area is 175 Å². The van der Waals surface area contributed by atoms with Crippen molar-refractivity contribution in [1.29, 1.82) is 0 Å². The number of rotatable bonds is 5. The van der Waals surface area contributed by atoms with E-state index in [1.807, 2.05) is 11.0 Å². The van der Waals surface area contributed by atoms with Crippen LogP contribution in [0.5, 0.6) is 0 Å². The number of aromatic amines is 1. The molecule has 5 rings (SSSR count). The van der Waals surface area contributed by atoms with Crippen molar-refractivity contribution in [3.8, 4) is 0 Å². The molecule has 3 heterocycles. The topological polar surface area (TPSA) is 69.7 Å². The SMILES string of the molecule is Fc1ccc(C2CCCN2c2cc(Nc3cc(C4CC4)[nH]n3)ncn2)c(C(F)(F)F)c1. The molecule has 1 aromatic carbocycles. The lowest BCUT2D eigenvalue weighted by Gasteiger charge is -2.28.